The molecule has 0 N–H and O–H groups in total. The van der Waals surface area contributed by atoms with E-state index >= 15 is 0 Å². The summed E-state index contributed by atoms with van der Waals surface area (Å²) in [5.74, 6) is 0.849. The Kier molecular flexibility index (Phi) is 3.84. The average Bonchev–Trinajstić information content (AvgIpc) is 3.28. The molecule has 0 saturated carbocycles. The molecule has 5 aromatic rings. The van der Waals surface area contributed by atoms with Gasteiger partial charge in [0.05, 0.1) is 34.9 Å². The first-order chi connectivity index (χ1) is 13.3. The number of pyridine rings is 2. The number of ether oxygens (including phenoxy) is 1. The van der Waals surface area contributed by atoms with E-state index in [0.29, 0.717) is 0 Å². The lowest BCUT2D eigenvalue weighted by molar-refractivity contribution is 0.415. The zero-order valence-electron chi connectivity index (χ0n) is 14.7. The molecule has 0 bridgehead atoms. The van der Waals surface area contributed by atoms with Gasteiger partial charge in [-0.2, -0.15) is 0 Å². The minimum atomic E-state index is 0.849. The van der Waals surface area contributed by atoms with Crippen LogP contribution in [-0.4, -0.2) is 17.1 Å². The van der Waals surface area contributed by atoms with Gasteiger partial charge in [-0.3, -0.25) is 4.98 Å². The Labute approximate surface area is 160 Å². The highest BCUT2D eigenvalue weighted by Gasteiger charge is 2.13. The molecule has 0 saturated heterocycles. The van der Waals surface area contributed by atoms with Crippen LogP contribution < -0.4 is 4.74 Å². The molecule has 0 aliphatic rings. The van der Waals surface area contributed by atoms with E-state index in [1.54, 1.807) is 18.4 Å². The molecule has 4 heteroatoms. The number of nitrogens with zero attached hydrogens (tertiary/aromatic N) is 2. The van der Waals surface area contributed by atoms with E-state index in [9.17, 15) is 0 Å². The van der Waals surface area contributed by atoms with E-state index in [-0.39, 0.29) is 0 Å². The highest BCUT2D eigenvalue weighted by Crippen LogP contribution is 2.37. The Morgan fingerprint density at radius 1 is 0.889 bits per heavy atom. The number of rotatable bonds is 3. The van der Waals surface area contributed by atoms with E-state index in [1.165, 1.54) is 0 Å². The lowest BCUT2D eigenvalue weighted by Crippen LogP contribution is -1.92. The van der Waals surface area contributed by atoms with Crippen molar-refractivity contribution in [3.8, 4) is 27.4 Å². The molecule has 130 valence electrons. The minimum Gasteiger partial charge on any atom is -0.497 e. The maximum absolute atomic E-state index is 5.32. The summed E-state index contributed by atoms with van der Waals surface area (Å²) in [5, 5.41) is 4.32. The molecule has 2 aromatic carbocycles. The number of hydrogen-bond acceptors (Lipinski definition) is 4. The van der Waals surface area contributed by atoms with Crippen LogP contribution in [0.3, 0.4) is 0 Å². The van der Waals surface area contributed by atoms with Gasteiger partial charge in [-0.1, -0.05) is 36.4 Å². The predicted molar refractivity (Wildman–Crippen MR) is 112 cm³/mol. The topological polar surface area (TPSA) is 35.0 Å². The maximum Gasteiger partial charge on any atom is 0.118 e. The fourth-order valence-corrected chi connectivity index (χ4v) is 4.10. The van der Waals surface area contributed by atoms with Gasteiger partial charge in [0.1, 0.15) is 5.75 Å². The maximum atomic E-state index is 5.32. The van der Waals surface area contributed by atoms with Crippen molar-refractivity contribution in [2.45, 2.75) is 0 Å². The third kappa shape index (κ3) is 2.75. The molecule has 0 amide bonds. The summed E-state index contributed by atoms with van der Waals surface area (Å²) in [7, 11) is 1.69. The first kappa shape index (κ1) is 16.0. The highest BCUT2D eigenvalue weighted by molar-refractivity contribution is 7.13. The van der Waals surface area contributed by atoms with E-state index in [2.05, 4.69) is 52.8 Å². The smallest absolute Gasteiger partial charge is 0.118 e. The second kappa shape index (κ2) is 6.49. The highest BCUT2D eigenvalue weighted by atomic mass is 32.1. The third-order valence-electron chi connectivity index (χ3n) is 4.72. The molecule has 27 heavy (non-hydrogen) atoms. The van der Waals surface area contributed by atoms with E-state index in [4.69, 9.17) is 9.72 Å². The quantitative estimate of drug-likeness (QED) is 0.356. The molecule has 5 rings (SSSR count). The number of methoxy groups -OCH3 is 1. The fourth-order valence-electron chi connectivity index (χ4n) is 3.42. The lowest BCUT2D eigenvalue weighted by atomic mass is 9.97. The molecule has 0 aliphatic heterocycles. The van der Waals surface area contributed by atoms with Crippen LogP contribution in [0.1, 0.15) is 0 Å². The summed E-state index contributed by atoms with van der Waals surface area (Å²) < 4.78 is 5.32. The van der Waals surface area contributed by atoms with E-state index in [0.717, 1.165) is 49.3 Å². The van der Waals surface area contributed by atoms with E-state index < -0.39 is 0 Å². The van der Waals surface area contributed by atoms with Gasteiger partial charge in [-0.15, -0.1) is 11.3 Å². The van der Waals surface area contributed by atoms with Crippen molar-refractivity contribution in [3.05, 3.63) is 78.3 Å². The summed E-state index contributed by atoms with van der Waals surface area (Å²) in [6.07, 6.45) is 1.88. The van der Waals surface area contributed by atoms with Crippen LogP contribution in [0.25, 0.3) is 43.5 Å². The Bertz CT molecular complexity index is 1250. The number of aromatic nitrogens is 2. The molecule has 0 unspecified atom stereocenters. The first-order valence-electron chi connectivity index (χ1n) is 8.70. The predicted octanol–water partition coefficient (Wildman–Crippen LogP) is 6.19. The Morgan fingerprint density at radius 3 is 2.52 bits per heavy atom. The monoisotopic (exact) mass is 368 g/mol. The lowest BCUT2D eigenvalue weighted by Gasteiger charge is -2.12. The largest absolute Gasteiger partial charge is 0.497 e. The average molecular weight is 368 g/mol. The van der Waals surface area contributed by atoms with Crippen LogP contribution in [0.15, 0.2) is 78.3 Å². The number of para-hydroxylation sites is 1. The normalized spacial score (nSPS) is 11.1. The molecule has 0 spiro atoms. The van der Waals surface area contributed by atoms with Crippen molar-refractivity contribution in [1.29, 1.82) is 0 Å². The van der Waals surface area contributed by atoms with Gasteiger partial charge in [0.15, 0.2) is 0 Å². The zero-order chi connectivity index (χ0) is 18.2. The molecule has 0 fully saturated rings. The number of hydrogen-bond donors (Lipinski definition) is 0. The molecule has 0 radical (unpaired) electrons. The van der Waals surface area contributed by atoms with Gasteiger partial charge >= 0.3 is 0 Å². The van der Waals surface area contributed by atoms with Crippen molar-refractivity contribution in [1.82, 2.24) is 9.97 Å². The van der Waals surface area contributed by atoms with Gasteiger partial charge in [0.25, 0.3) is 0 Å². The fraction of sp³-hybridized carbons (Fsp3) is 0.0435. The molecular formula is C23H16N2OS. The Hall–Kier alpha value is -3.24. The summed E-state index contributed by atoms with van der Waals surface area (Å²) >= 11 is 1.70. The molecule has 0 atom stereocenters. The van der Waals surface area contributed by atoms with Gasteiger partial charge in [-0.25, -0.2) is 4.98 Å². The van der Waals surface area contributed by atoms with Crippen LogP contribution in [-0.2, 0) is 0 Å². The Morgan fingerprint density at radius 2 is 1.74 bits per heavy atom. The molecule has 3 nitrogen and oxygen atoms in total. The first-order valence-corrected chi connectivity index (χ1v) is 9.58. The van der Waals surface area contributed by atoms with Crippen molar-refractivity contribution < 1.29 is 4.74 Å². The number of thiophene rings is 1. The summed E-state index contributed by atoms with van der Waals surface area (Å²) in [6.45, 7) is 0. The van der Waals surface area contributed by atoms with Gasteiger partial charge < -0.3 is 4.74 Å². The summed E-state index contributed by atoms with van der Waals surface area (Å²) in [4.78, 5) is 10.7. The van der Waals surface area contributed by atoms with E-state index in [1.807, 2.05) is 30.5 Å². The van der Waals surface area contributed by atoms with Crippen molar-refractivity contribution in [2.24, 2.45) is 0 Å². The van der Waals surface area contributed by atoms with Gasteiger partial charge in [0.2, 0.25) is 0 Å². The third-order valence-corrected chi connectivity index (χ3v) is 5.61. The molecule has 0 aliphatic carbocycles. The molecule has 3 heterocycles. The Balaban J connectivity index is 1.87. The van der Waals surface area contributed by atoms with Crippen LogP contribution in [0.4, 0.5) is 0 Å². The van der Waals surface area contributed by atoms with Crippen molar-refractivity contribution in [3.63, 3.8) is 0 Å². The van der Waals surface area contributed by atoms with Crippen LogP contribution >= 0.6 is 11.3 Å². The minimum absolute atomic E-state index is 0.849. The second-order valence-corrected chi connectivity index (χ2v) is 7.24. The van der Waals surface area contributed by atoms with Crippen molar-refractivity contribution >= 4 is 33.1 Å². The van der Waals surface area contributed by atoms with Crippen LogP contribution in [0.2, 0.25) is 0 Å². The second-order valence-electron chi connectivity index (χ2n) is 6.30. The molecule has 3 aromatic heterocycles. The van der Waals surface area contributed by atoms with Crippen molar-refractivity contribution in [2.75, 3.05) is 7.11 Å². The van der Waals surface area contributed by atoms with Gasteiger partial charge in [0, 0.05) is 10.8 Å². The zero-order valence-corrected chi connectivity index (χ0v) is 15.5. The molecular weight excluding hydrogens is 352 g/mol. The summed E-state index contributed by atoms with van der Waals surface area (Å²) in [6, 6.07) is 22.7. The number of fused-ring (bicyclic) bond motifs is 3. The van der Waals surface area contributed by atoms with Gasteiger partial charge in [-0.05, 0) is 46.8 Å². The summed E-state index contributed by atoms with van der Waals surface area (Å²) in [5.41, 5.74) is 5.15. The number of benzene rings is 2. The van der Waals surface area contributed by atoms with Crippen LogP contribution in [0.5, 0.6) is 5.75 Å². The SMILES string of the molecule is COc1ccc(-c2cc(-c3cccs3)nc3cnc4ccccc4c23)cc1. The van der Waals surface area contributed by atoms with Crippen LogP contribution in [0, 0.1) is 0 Å². The standard InChI is InChI=1S/C23H16N2OS/c1-26-16-10-8-15(9-11-16)18-13-20(22-7-4-12-27-22)25-21-14-24-19-6-3-2-5-17(19)23(18)21/h2-14H,1H3.